The maximum absolute atomic E-state index is 14.6. The lowest BCUT2D eigenvalue weighted by Crippen LogP contribution is -2.08. The minimum Gasteiger partial charge on any atom is -0.491 e. The standard InChI is InChI=1S/C28H24F4N4OS2/c1-13(2)36-27(34-35-28(36)39-12-18-22(29)24(31)26(37-5)25(32)23(18)30)17-11-20(21-7-6-8-38-21)33-19-10-15(4)14(3)9-16(17)19/h6-11,13H,12H2,1-5H3. The summed E-state index contributed by atoms with van der Waals surface area (Å²) in [5, 5.41) is 12.0. The molecule has 0 aliphatic rings. The molecule has 202 valence electrons. The summed E-state index contributed by atoms with van der Waals surface area (Å²) in [6, 6.07) is 9.87. The molecule has 11 heteroatoms. The van der Waals surface area contributed by atoms with Gasteiger partial charge in [0, 0.05) is 28.3 Å². The van der Waals surface area contributed by atoms with Crippen LogP contribution in [0.2, 0.25) is 0 Å². The molecule has 0 N–H and O–H groups in total. The van der Waals surface area contributed by atoms with Crippen molar-refractivity contribution in [3.63, 3.8) is 0 Å². The highest BCUT2D eigenvalue weighted by atomic mass is 32.2. The van der Waals surface area contributed by atoms with E-state index in [1.807, 2.05) is 61.9 Å². The van der Waals surface area contributed by atoms with Crippen LogP contribution in [-0.2, 0) is 5.75 Å². The molecule has 0 bridgehead atoms. The van der Waals surface area contributed by atoms with Crippen molar-refractivity contribution < 1.29 is 22.3 Å². The van der Waals surface area contributed by atoms with Crippen molar-refractivity contribution >= 4 is 34.0 Å². The molecule has 0 amide bonds. The van der Waals surface area contributed by atoms with E-state index in [9.17, 15) is 17.6 Å². The van der Waals surface area contributed by atoms with Gasteiger partial charge in [0.25, 0.3) is 0 Å². The van der Waals surface area contributed by atoms with Crippen LogP contribution in [0, 0.1) is 37.1 Å². The molecule has 5 nitrogen and oxygen atoms in total. The van der Waals surface area contributed by atoms with Gasteiger partial charge in [-0.15, -0.1) is 21.5 Å². The third-order valence-corrected chi connectivity index (χ3v) is 8.35. The topological polar surface area (TPSA) is 52.8 Å². The second kappa shape index (κ2) is 10.6. The molecule has 0 saturated carbocycles. The number of halogens is 4. The van der Waals surface area contributed by atoms with Gasteiger partial charge in [0.2, 0.25) is 11.6 Å². The smallest absolute Gasteiger partial charge is 0.204 e. The zero-order valence-corrected chi connectivity index (χ0v) is 23.4. The fourth-order valence-electron chi connectivity index (χ4n) is 4.35. The third-order valence-electron chi connectivity index (χ3n) is 6.48. The van der Waals surface area contributed by atoms with Crippen molar-refractivity contribution in [3.05, 3.63) is 75.7 Å². The molecule has 0 spiro atoms. The number of aryl methyl sites for hydroxylation is 2. The van der Waals surface area contributed by atoms with Crippen LogP contribution in [-0.4, -0.2) is 26.9 Å². The van der Waals surface area contributed by atoms with Crippen molar-refractivity contribution in [3.8, 4) is 27.7 Å². The molecule has 0 aliphatic heterocycles. The Morgan fingerprint density at radius 2 is 1.67 bits per heavy atom. The molecule has 5 rings (SSSR count). The molecule has 2 aromatic carbocycles. The van der Waals surface area contributed by atoms with Crippen LogP contribution in [0.3, 0.4) is 0 Å². The first-order valence-electron chi connectivity index (χ1n) is 12.0. The Bertz CT molecular complexity index is 1670. The van der Waals surface area contributed by atoms with Gasteiger partial charge in [-0.2, -0.15) is 8.78 Å². The number of thioether (sulfide) groups is 1. The average molecular weight is 573 g/mol. The fourth-order valence-corrected chi connectivity index (χ4v) is 6.09. The van der Waals surface area contributed by atoms with E-state index < -0.39 is 40.3 Å². The maximum atomic E-state index is 14.6. The SMILES string of the molecule is COc1c(F)c(F)c(CSc2nnc(-c3cc(-c4cccs4)nc4cc(C)c(C)cc34)n2C(C)C)c(F)c1F. The average Bonchev–Trinajstić information content (AvgIpc) is 3.59. The molecule has 39 heavy (non-hydrogen) atoms. The number of benzene rings is 2. The number of methoxy groups -OCH3 is 1. The Labute approximate surface area is 230 Å². The van der Waals surface area contributed by atoms with Gasteiger partial charge in [0.15, 0.2) is 28.4 Å². The van der Waals surface area contributed by atoms with Crippen molar-refractivity contribution in [1.29, 1.82) is 0 Å². The second-order valence-corrected chi connectivity index (χ2v) is 11.2. The number of fused-ring (bicyclic) bond motifs is 1. The van der Waals surface area contributed by atoms with E-state index in [1.54, 1.807) is 11.3 Å². The van der Waals surface area contributed by atoms with Crippen molar-refractivity contribution in [2.45, 2.75) is 44.6 Å². The van der Waals surface area contributed by atoms with Gasteiger partial charge in [-0.3, -0.25) is 4.57 Å². The van der Waals surface area contributed by atoms with Crippen molar-refractivity contribution in [2.75, 3.05) is 7.11 Å². The number of aromatic nitrogens is 4. The Morgan fingerprint density at radius 1 is 0.974 bits per heavy atom. The summed E-state index contributed by atoms with van der Waals surface area (Å²) < 4.78 is 64.1. The van der Waals surface area contributed by atoms with Crippen LogP contribution in [0.4, 0.5) is 17.6 Å². The van der Waals surface area contributed by atoms with Gasteiger partial charge in [-0.1, -0.05) is 17.8 Å². The summed E-state index contributed by atoms with van der Waals surface area (Å²) in [5.41, 5.74) is 3.86. The van der Waals surface area contributed by atoms with Crippen molar-refractivity contribution in [2.24, 2.45) is 0 Å². The van der Waals surface area contributed by atoms with Crippen LogP contribution in [0.25, 0.3) is 32.9 Å². The normalized spacial score (nSPS) is 11.6. The molecule has 0 aliphatic carbocycles. The molecule has 3 heterocycles. The highest BCUT2D eigenvalue weighted by Crippen LogP contribution is 2.38. The van der Waals surface area contributed by atoms with Crippen LogP contribution in [0.5, 0.6) is 5.75 Å². The lowest BCUT2D eigenvalue weighted by Gasteiger charge is -2.16. The van der Waals surface area contributed by atoms with Gasteiger partial charge >= 0.3 is 0 Å². The molecule has 0 unspecified atom stereocenters. The first kappa shape index (κ1) is 27.1. The summed E-state index contributed by atoms with van der Waals surface area (Å²) in [5.74, 6) is -7.10. The van der Waals surface area contributed by atoms with Crippen LogP contribution in [0.1, 0.15) is 36.6 Å². The molecule has 0 saturated heterocycles. The summed E-state index contributed by atoms with van der Waals surface area (Å²) in [7, 11) is 0.941. The Morgan fingerprint density at radius 3 is 2.28 bits per heavy atom. The summed E-state index contributed by atoms with van der Waals surface area (Å²) >= 11 is 2.51. The van der Waals surface area contributed by atoms with E-state index in [0.29, 0.717) is 11.0 Å². The molecule has 0 radical (unpaired) electrons. The van der Waals surface area contributed by atoms with Gasteiger partial charge < -0.3 is 4.74 Å². The maximum Gasteiger partial charge on any atom is 0.204 e. The lowest BCUT2D eigenvalue weighted by molar-refractivity contribution is 0.330. The van der Waals surface area contributed by atoms with E-state index in [1.165, 1.54) is 0 Å². The zero-order valence-electron chi connectivity index (χ0n) is 21.8. The highest BCUT2D eigenvalue weighted by Gasteiger charge is 2.27. The molecule has 3 aromatic heterocycles. The molecular weight excluding hydrogens is 548 g/mol. The Hall–Kier alpha value is -3.44. The fraction of sp³-hybridized carbons (Fsp3) is 0.250. The van der Waals surface area contributed by atoms with Crippen molar-refractivity contribution in [1.82, 2.24) is 19.7 Å². The van der Waals surface area contributed by atoms with Crippen LogP contribution < -0.4 is 4.74 Å². The van der Waals surface area contributed by atoms with Gasteiger partial charge in [0.05, 0.1) is 23.2 Å². The minimum atomic E-state index is -1.58. The van der Waals surface area contributed by atoms with E-state index in [0.717, 1.165) is 57.0 Å². The minimum absolute atomic E-state index is 0.142. The number of hydrogen-bond donors (Lipinski definition) is 0. The first-order valence-corrected chi connectivity index (χ1v) is 13.9. The highest BCUT2D eigenvalue weighted by molar-refractivity contribution is 7.98. The number of hydrogen-bond acceptors (Lipinski definition) is 6. The summed E-state index contributed by atoms with van der Waals surface area (Å²) in [6.45, 7) is 7.92. The van der Waals surface area contributed by atoms with E-state index in [-0.39, 0.29) is 6.04 Å². The van der Waals surface area contributed by atoms with Crippen LogP contribution >= 0.6 is 23.1 Å². The number of rotatable bonds is 7. The Balaban J connectivity index is 1.63. The molecule has 5 aromatic rings. The van der Waals surface area contributed by atoms with Gasteiger partial charge in [0.1, 0.15) is 0 Å². The lowest BCUT2D eigenvalue weighted by atomic mass is 10.0. The molecular formula is C28H24F4N4OS2. The Kier molecular flexibility index (Phi) is 7.39. The van der Waals surface area contributed by atoms with Gasteiger partial charge in [-0.05, 0) is 68.5 Å². The molecule has 0 fully saturated rings. The zero-order chi connectivity index (χ0) is 28.0. The number of pyridine rings is 1. The second-order valence-electron chi connectivity index (χ2n) is 9.31. The van der Waals surface area contributed by atoms with Crippen LogP contribution in [0.15, 0.2) is 40.9 Å². The number of nitrogens with zero attached hydrogens (tertiary/aromatic N) is 4. The summed E-state index contributed by atoms with van der Waals surface area (Å²) in [6.07, 6.45) is 0. The monoisotopic (exact) mass is 572 g/mol. The van der Waals surface area contributed by atoms with Gasteiger partial charge in [-0.25, -0.2) is 13.8 Å². The molecule has 0 atom stereocenters. The number of ether oxygens (including phenoxy) is 1. The summed E-state index contributed by atoms with van der Waals surface area (Å²) in [4.78, 5) is 5.89. The largest absolute Gasteiger partial charge is 0.491 e. The quantitative estimate of drug-likeness (QED) is 0.112. The van der Waals surface area contributed by atoms with E-state index >= 15 is 0 Å². The first-order chi connectivity index (χ1) is 18.6. The van der Waals surface area contributed by atoms with E-state index in [4.69, 9.17) is 4.98 Å². The predicted molar refractivity (Wildman–Crippen MR) is 146 cm³/mol. The van der Waals surface area contributed by atoms with E-state index in [2.05, 4.69) is 21.0 Å². The predicted octanol–water partition coefficient (Wildman–Crippen LogP) is 8.28. The number of thiophene rings is 1. The third kappa shape index (κ3) is 4.78.